The van der Waals surface area contributed by atoms with E-state index >= 15 is 0 Å². The van der Waals surface area contributed by atoms with Gasteiger partial charge in [0, 0.05) is 6.08 Å². The smallest absolute Gasteiger partial charge is 0.206 e. The minimum atomic E-state index is -0.352. The van der Waals surface area contributed by atoms with Crippen LogP contribution in [-0.2, 0) is 0 Å². The normalized spacial score (nSPS) is 14.2. The highest BCUT2D eigenvalue weighted by molar-refractivity contribution is 6.25. The quantitative estimate of drug-likeness (QED) is 0.603. The average Bonchev–Trinajstić information content (AvgIpc) is 2.22. The van der Waals surface area contributed by atoms with E-state index in [4.69, 9.17) is 6.42 Å². The van der Waals surface area contributed by atoms with Crippen LogP contribution in [0, 0.1) is 26.2 Å². The molecule has 0 unspecified atom stereocenters. The molecule has 4 nitrogen and oxygen atoms in total. The lowest BCUT2D eigenvalue weighted by Gasteiger charge is -2.13. The van der Waals surface area contributed by atoms with Crippen LogP contribution < -0.4 is 0 Å². The molecule has 78 valence electrons. The molecule has 0 bridgehead atoms. The van der Waals surface area contributed by atoms with Gasteiger partial charge in [0.1, 0.15) is 11.5 Å². The summed E-state index contributed by atoms with van der Waals surface area (Å²) in [7, 11) is 0. The molecule has 2 rings (SSSR count). The van der Waals surface area contributed by atoms with E-state index in [0.717, 1.165) is 6.08 Å². The number of rotatable bonds is 0. The number of nitrogens with zero attached hydrogens (tertiary/aromatic N) is 2. The molecule has 0 aliphatic heterocycles. The summed E-state index contributed by atoms with van der Waals surface area (Å²) in [5.41, 5.74) is 0.926. The third-order valence-electron chi connectivity index (χ3n) is 2.34. The van der Waals surface area contributed by atoms with Crippen LogP contribution in [0.1, 0.15) is 32.4 Å². The summed E-state index contributed by atoms with van der Waals surface area (Å²) >= 11 is 0. The molecule has 1 heterocycles. The molecule has 0 radical (unpaired) electrons. The SMILES string of the molecule is C#CC1=CC(=O)c2nc(C)nc(C)c2C1=O. The number of Topliss-reactive ketones (excluding diaryl/α,β-unsaturated/α-hetero) is 1. The Labute approximate surface area is 92.4 Å². The summed E-state index contributed by atoms with van der Waals surface area (Å²) in [6.07, 6.45) is 6.31. The second-order valence-corrected chi connectivity index (χ2v) is 3.48. The highest BCUT2D eigenvalue weighted by Gasteiger charge is 2.28. The van der Waals surface area contributed by atoms with E-state index in [-0.39, 0.29) is 28.4 Å². The third kappa shape index (κ3) is 1.34. The topological polar surface area (TPSA) is 59.9 Å². The number of terminal acetylenes is 1. The Morgan fingerprint density at radius 3 is 2.56 bits per heavy atom. The van der Waals surface area contributed by atoms with Crippen molar-refractivity contribution < 1.29 is 9.59 Å². The lowest BCUT2D eigenvalue weighted by atomic mass is 9.92. The van der Waals surface area contributed by atoms with Crippen LogP contribution in [0.15, 0.2) is 11.6 Å². The monoisotopic (exact) mass is 212 g/mol. The minimum absolute atomic E-state index is 0.0630. The first kappa shape index (κ1) is 10.2. The van der Waals surface area contributed by atoms with Gasteiger partial charge in [-0.2, -0.15) is 0 Å². The van der Waals surface area contributed by atoms with Crippen molar-refractivity contribution in [3.8, 4) is 12.3 Å². The largest absolute Gasteiger partial charge is 0.288 e. The van der Waals surface area contributed by atoms with Crippen molar-refractivity contribution in [1.82, 2.24) is 9.97 Å². The fraction of sp³-hybridized carbons (Fsp3) is 0.167. The first-order chi connectivity index (χ1) is 7.54. The number of hydrogen-bond donors (Lipinski definition) is 0. The number of aryl methyl sites for hydroxylation is 2. The van der Waals surface area contributed by atoms with Gasteiger partial charge in [-0.15, -0.1) is 6.42 Å². The average molecular weight is 212 g/mol. The number of aromatic nitrogens is 2. The second-order valence-electron chi connectivity index (χ2n) is 3.48. The summed E-state index contributed by atoms with van der Waals surface area (Å²) < 4.78 is 0. The molecular formula is C12H8N2O2. The maximum absolute atomic E-state index is 11.9. The van der Waals surface area contributed by atoms with Gasteiger partial charge in [0.2, 0.25) is 11.6 Å². The molecule has 0 aromatic carbocycles. The summed E-state index contributed by atoms with van der Waals surface area (Å²) in [6.45, 7) is 3.34. The predicted octanol–water partition coefficient (Wildman–Crippen LogP) is 1.03. The molecule has 1 aliphatic carbocycles. The fourth-order valence-electron chi connectivity index (χ4n) is 1.67. The lowest BCUT2D eigenvalue weighted by molar-refractivity contribution is 0.0983. The highest BCUT2D eigenvalue weighted by atomic mass is 16.1. The number of ketones is 2. The van der Waals surface area contributed by atoms with Crippen molar-refractivity contribution >= 4 is 11.6 Å². The molecule has 1 aromatic rings. The molecule has 1 aliphatic rings. The number of hydrogen-bond acceptors (Lipinski definition) is 4. The van der Waals surface area contributed by atoms with Gasteiger partial charge >= 0.3 is 0 Å². The van der Waals surface area contributed by atoms with Gasteiger partial charge in [0.25, 0.3) is 0 Å². The number of allylic oxidation sites excluding steroid dienone is 2. The zero-order valence-corrected chi connectivity index (χ0v) is 8.87. The standard InChI is InChI=1S/C12H8N2O2/c1-4-8-5-9(15)11-10(12(8)16)6(2)13-7(3)14-11/h1,5H,2-3H3. The molecule has 1 aromatic heterocycles. The third-order valence-corrected chi connectivity index (χ3v) is 2.34. The lowest BCUT2D eigenvalue weighted by Crippen LogP contribution is -2.21. The molecule has 16 heavy (non-hydrogen) atoms. The number of carbonyl (C=O) groups excluding carboxylic acids is 2. The second kappa shape index (κ2) is 3.38. The Bertz CT molecular complexity index is 592. The number of fused-ring (bicyclic) bond motifs is 1. The van der Waals surface area contributed by atoms with Crippen LogP contribution in [0.3, 0.4) is 0 Å². The van der Waals surface area contributed by atoms with Crippen LogP contribution in [0.25, 0.3) is 0 Å². The molecular weight excluding hydrogens is 204 g/mol. The van der Waals surface area contributed by atoms with Crippen LogP contribution in [0.4, 0.5) is 0 Å². The van der Waals surface area contributed by atoms with E-state index in [1.807, 2.05) is 0 Å². The summed E-state index contributed by atoms with van der Waals surface area (Å²) in [5, 5.41) is 0. The Morgan fingerprint density at radius 1 is 1.25 bits per heavy atom. The van der Waals surface area contributed by atoms with E-state index in [9.17, 15) is 9.59 Å². The van der Waals surface area contributed by atoms with Gasteiger partial charge in [0.15, 0.2) is 0 Å². The van der Waals surface area contributed by atoms with Crippen LogP contribution in [0.5, 0.6) is 0 Å². The Hall–Kier alpha value is -2.28. The van der Waals surface area contributed by atoms with Crippen molar-refractivity contribution in [3.63, 3.8) is 0 Å². The zero-order chi connectivity index (χ0) is 11.9. The van der Waals surface area contributed by atoms with Crippen molar-refractivity contribution in [3.05, 3.63) is 34.4 Å². The Balaban J connectivity index is 2.77. The highest BCUT2D eigenvalue weighted by Crippen LogP contribution is 2.21. The van der Waals surface area contributed by atoms with Crippen molar-refractivity contribution in [2.24, 2.45) is 0 Å². The van der Waals surface area contributed by atoms with Crippen molar-refractivity contribution in [2.75, 3.05) is 0 Å². The van der Waals surface area contributed by atoms with Gasteiger partial charge in [0.05, 0.1) is 16.8 Å². The van der Waals surface area contributed by atoms with Gasteiger partial charge < -0.3 is 0 Å². The summed E-state index contributed by atoms with van der Waals surface area (Å²) in [4.78, 5) is 31.6. The molecule has 0 amide bonds. The Kier molecular flexibility index (Phi) is 2.17. The maximum Gasteiger partial charge on any atom is 0.206 e. The maximum atomic E-state index is 11.9. The Morgan fingerprint density at radius 2 is 1.94 bits per heavy atom. The van der Waals surface area contributed by atoms with E-state index in [2.05, 4.69) is 15.9 Å². The first-order valence-electron chi connectivity index (χ1n) is 4.67. The zero-order valence-electron chi connectivity index (χ0n) is 8.87. The molecule has 0 spiro atoms. The van der Waals surface area contributed by atoms with E-state index in [1.165, 1.54) is 0 Å². The van der Waals surface area contributed by atoms with Crippen LogP contribution in [-0.4, -0.2) is 21.5 Å². The first-order valence-corrected chi connectivity index (χ1v) is 4.67. The minimum Gasteiger partial charge on any atom is -0.288 e. The van der Waals surface area contributed by atoms with E-state index < -0.39 is 0 Å². The summed E-state index contributed by atoms with van der Waals surface area (Å²) in [5.74, 6) is 1.98. The van der Waals surface area contributed by atoms with Crippen LogP contribution >= 0.6 is 0 Å². The molecule has 0 fully saturated rings. The van der Waals surface area contributed by atoms with E-state index in [0.29, 0.717) is 11.5 Å². The van der Waals surface area contributed by atoms with Crippen molar-refractivity contribution in [2.45, 2.75) is 13.8 Å². The molecule has 0 saturated carbocycles. The van der Waals surface area contributed by atoms with Gasteiger partial charge in [-0.3, -0.25) is 9.59 Å². The predicted molar refractivity (Wildman–Crippen MR) is 57.1 cm³/mol. The fourth-order valence-corrected chi connectivity index (χ4v) is 1.67. The van der Waals surface area contributed by atoms with Crippen molar-refractivity contribution in [1.29, 1.82) is 0 Å². The van der Waals surface area contributed by atoms with Gasteiger partial charge in [-0.1, -0.05) is 5.92 Å². The molecule has 4 heteroatoms. The van der Waals surface area contributed by atoms with Gasteiger partial charge in [-0.05, 0) is 13.8 Å². The number of carbonyl (C=O) groups is 2. The molecule has 0 saturated heterocycles. The van der Waals surface area contributed by atoms with Gasteiger partial charge in [-0.25, -0.2) is 9.97 Å². The molecule has 0 atom stereocenters. The molecule has 0 N–H and O–H groups in total. The van der Waals surface area contributed by atoms with Crippen LogP contribution in [0.2, 0.25) is 0 Å². The summed E-state index contributed by atoms with van der Waals surface area (Å²) in [6, 6.07) is 0. The van der Waals surface area contributed by atoms with E-state index in [1.54, 1.807) is 13.8 Å².